The van der Waals surface area contributed by atoms with Crippen LogP contribution in [0.3, 0.4) is 0 Å². The number of benzene rings is 2. The van der Waals surface area contributed by atoms with Gasteiger partial charge in [-0.15, -0.1) is 0 Å². The van der Waals surface area contributed by atoms with Crippen molar-refractivity contribution in [2.24, 2.45) is 0 Å². The van der Waals surface area contributed by atoms with Crippen LogP contribution in [0.15, 0.2) is 55.0 Å². The largest absolute Gasteiger partial charge is 0.508 e. The van der Waals surface area contributed by atoms with Crippen LogP contribution in [0.4, 0.5) is 4.79 Å². The number of nitrogens with zero attached hydrogens (tertiary/aromatic N) is 4. The van der Waals surface area contributed by atoms with Crippen molar-refractivity contribution in [1.82, 2.24) is 19.4 Å². The van der Waals surface area contributed by atoms with Crippen molar-refractivity contribution < 1.29 is 27.6 Å². The molecule has 1 aromatic heterocycles. The fraction of sp³-hybridized carbons (Fsp3) is 0.333. The molecule has 4 rings (SSSR count). The summed E-state index contributed by atoms with van der Waals surface area (Å²) in [5.74, 6) is 0.287. The molecule has 0 unspecified atom stereocenters. The number of carbonyl (C=O) groups is 1. The predicted molar refractivity (Wildman–Crippen MR) is 130 cm³/mol. The van der Waals surface area contributed by atoms with Gasteiger partial charge in [-0.2, -0.15) is 8.42 Å². The van der Waals surface area contributed by atoms with Crippen LogP contribution in [-0.2, 0) is 16.7 Å². The number of likely N-dealkylation sites (tertiary alicyclic amines) is 1. The van der Waals surface area contributed by atoms with Gasteiger partial charge in [0.1, 0.15) is 23.6 Å². The lowest BCUT2D eigenvalue weighted by Gasteiger charge is -2.36. The average molecular weight is 501 g/mol. The van der Waals surface area contributed by atoms with E-state index in [1.807, 2.05) is 0 Å². The maximum atomic E-state index is 13.0. The van der Waals surface area contributed by atoms with Crippen molar-refractivity contribution in [1.29, 1.82) is 0 Å². The van der Waals surface area contributed by atoms with Gasteiger partial charge in [-0.3, -0.25) is 9.47 Å². The third-order valence-corrected chi connectivity index (χ3v) is 6.47. The van der Waals surface area contributed by atoms with Crippen molar-refractivity contribution >= 4 is 16.1 Å². The Morgan fingerprint density at radius 2 is 1.74 bits per heavy atom. The summed E-state index contributed by atoms with van der Waals surface area (Å²) in [6.45, 7) is 2.19. The summed E-state index contributed by atoms with van der Waals surface area (Å²) in [6.07, 6.45) is 5.70. The van der Waals surface area contributed by atoms with Crippen molar-refractivity contribution in [2.75, 3.05) is 26.4 Å². The molecule has 1 amide bonds. The first-order valence-electron chi connectivity index (χ1n) is 11.1. The van der Waals surface area contributed by atoms with E-state index in [2.05, 4.69) is 9.88 Å². The maximum absolute atomic E-state index is 13.0. The first-order chi connectivity index (χ1) is 16.6. The van der Waals surface area contributed by atoms with Crippen LogP contribution in [0.5, 0.6) is 17.2 Å². The molecule has 0 bridgehead atoms. The molecule has 2 aromatic carbocycles. The van der Waals surface area contributed by atoms with Gasteiger partial charge in [0.2, 0.25) is 0 Å². The lowest BCUT2D eigenvalue weighted by Crippen LogP contribution is -2.46. The molecule has 1 aliphatic rings. The van der Waals surface area contributed by atoms with Crippen LogP contribution in [0.25, 0.3) is 11.3 Å². The molecule has 0 aliphatic carbocycles. The van der Waals surface area contributed by atoms with Crippen LogP contribution < -0.4 is 4.18 Å². The number of phenols is 2. The Balaban J connectivity index is 1.34. The van der Waals surface area contributed by atoms with Gasteiger partial charge in [-0.25, -0.2) is 9.78 Å². The van der Waals surface area contributed by atoms with Gasteiger partial charge >= 0.3 is 16.1 Å². The number of imidazole rings is 1. The highest BCUT2D eigenvalue weighted by molar-refractivity contribution is 7.86. The van der Waals surface area contributed by atoms with Crippen molar-refractivity contribution in [3.05, 3.63) is 60.6 Å². The maximum Gasteiger partial charge on any atom is 0.329 e. The van der Waals surface area contributed by atoms with E-state index in [4.69, 9.17) is 4.18 Å². The molecular formula is C24H28N4O6S. The molecule has 1 aliphatic heterocycles. The van der Waals surface area contributed by atoms with E-state index < -0.39 is 10.1 Å². The highest BCUT2D eigenvalue weighted by atomic mass is 32.2. The molecule has 0 radical (unpaired) electrons. The number of phenolic OH excluding ortho intramolecular Hbond substituents is 2. The zero-order valence-corrected chi connectivity index (χ0v) is 20.4. The van der Waals surface area contributed by atoms with Crippen LogP contribution in [0.2, 0.25) is 0 Å². The van der Waals surface area contributed by atoms with Crippen LogP contribution >= 0.6 is 0 Å². The standard InChI is InChI=1S/C24H28N4O6S/c1-26(19-7-9-27(10-8-19)14-17-11-20(29)13-21(30)12-17)24(31)28-15-23(25-16-28)18-3-5-22(6-4-18)34-35(2,32)33/h3-6,11-13,15-16,19,29-30H,7-10,14H2,1-2H3. The van der Waals surface area contributed by atoms with Gasteiger partial charge in [0.05, 0.1) is 11.9 Å². The first kappa shape index (κ1) is 24.6. The highest BCUT2D eigenvalue weighted by Crippen LogP contribution is 2.25. The fourth-order valence-corrected chi connectivity index (χ4v) is 4.70. The Hall–Kier alpha value is -3.57. The van der Waals surface area contributed by atoms with Gasteiger partial charge in [0.15, 0.2) is 0 Å². The number of amides is 1. The van der Waals surface area contributed by atoms with Crippen LogP contribution in [0, 0.1) is 0 Å². The second-order valence-corrected chi connectivity index (χ2v) is 10.3. The summed E-state index contributed by atoms with van der Waals surface area (Å²) in [6, 6.07) is 10.9. The number of hydrogen-bond donors (Lipinski definition) is 2. The molecule has 2 N–H and O–H groups in total. The van der Waals surface area contributed by atoms with E-state index in [9.17, 15) is 23.4 Å². The Morgan fingerprint density at radius 3 is 2.34 bits per heavy atom. The summed E-state index contributed by atoms with van der Waals surface area (Å²) in [5.41, 5.74) is 2.15. The quantitative estimate of drug-likeness (QED) is 0.495. The minimum Gasteiger partial charge on any atom is -0.508 e. The highest BCUT2D eigenvalue weighted by Gasteiger charge is 2.26. The molecular weight excluding hydrogens is 472 g/mol. The van der Waals surface area contributed by atoms with Crippen LogP contribution in [-0.4, -0.2) is 76.4 Å². The number of piperidine rings is 1. The lowest BCUT2D eigenvalue weighted by atomic mass is 10.0. The number of carbonyl (C=O) groups excluding carboxylic acids is 1. The predicted octanol–water partition coefficient (Wildman–Crippen LogP) is 2.86. The van der Waals surface area contributed by atoms with Crippen molar-refractivity contribution in [3.8, 4) is 28.5 Å². The summed E-state index contributed by atoms with van der Waals surface area (Å²) >= 11 is 0. The Bertz CT molecular complexity index is 1280. The SMILES string of the molecule is CN(C(=O)n1cnc(-c2ccc(OS(C)(=O)=O)cc2)c1)C1CCN(Cc2cc(O)cc(O)c2)CC1. The molecule has 10 nitrogen and oxygen atoms in total. The zero-order valence-electron chi connectivity index (χ0n) is 19.5. The molecule has 3 aromatic rings. The topological polar surface area (TPSA) is 125 Å². The second kappa shape index (κ2) is 9.96. The fourth-order valence-electron chi connectivity index (χ4n) is 4.24. The molecule has 2 heterocycles. The average Bonchev–Trinajstić information content (AvgIpc) is 3.28. The van der Waals surface area contributed by atoms with E-state index in [1.54, 1.807) is 42.4 Å². The molecule has 0 saturated carbocycles. The van der Waals surface area contributed by atoms with Crippen molar-refractivity contribution in [2.45, 2.75) is 25.4 Å². The summed E-state index contributed by atoms with van der Waals surface area (Å²) in [7, 11) is -1.81. The number of hydrogen-bond acceptors (Lipinski definition) is 8. The second-order valence-electron chi connectivity index (χ2n) is 8.74. The van der Waals surface area contributed by atoms with Gasteiger partial charge in [0.25, 0.3) is 0 Å². The Labute approximate surface area is 204 Å². The van der Waals surface area contributed by atoms with E-state index in [1.165, 1.54) is 29.1 Å². The first-order valence-corrected chi connectivity index (χ1v) is 12.9. The van der Waals surface area contributed by atoms with Gasteiger partial charge in [-0.05, 0) is 54.8 Å². The summed E-state index contributed by atoms with van der Waals surface area (Å²) in [4.78, 5) is 21.3. The molecule has 35 heavy (non-hydrogen) atoms. The lowest BCUT2D eigenvalue weighted by molar-refractivity contribution is 0.131. The number of aromatic nitrogens is 2. The Morgan fingerprint density at radius 1 is 1.11 bits per heavy atom. The van der Waals surface area contributed by atoms with Gasteiger partial charge < -0.3 is 19.3 Å². The van der Waals surface area contributed by atoms with Gasteiger partial charge in [-0.1, -0.05) is 0 Å². The number of aromatic hydroxyl groups is 2. The van der Waals surface area contributed by atoms with Crippen molar-refractivity contribution in [3.63, 3.8) is 0 Å². The minimum absolute atomic E-state index is 0.0399. The van der Waals surface area contributed by atoms with Crippen LogP contribution in [0.1, 0.15) is 18.4 Å². The molecule has 11 heteroatoms. The third-order valence-electron chi connectivity index (χ3n) is 5.98. The molecule has 1 fully saturated rings. The monoisotopic (exact) mass is 500 g/mol. The third kappa shape index (κ3) is 6.31. The molecule has 1 saturated heterocycles. The van der Waals surface area contributed by atoms with E-state index >= 15 is 0 Å². The molecule has 0 atom stereocenters. The molecule has 0 spiro atoms. The number of rotatable bonds is 6. The van der Waals surface area contributed by atoms with E-state index in [0.29, 0.717) is 12.2 Å². The Kier molecular flexibility index (Phi) is 6.99. The van der Waals surface area contributed by atoms with Gasteiger partial charge in [0, 0.05) is 50.6 Å². The normalized spacial score (nSPS) is 15.1. The summed E-state index contributed by atoms with van der Waals surface area (Å²) < 4.78 is 28.8. The van der Waals surface area contributed by atoms with E-state index in [-0.39, 0.29) is 29.3 Å². The smallest absolute Gasteiger partial charge is 0.329 e. The molecule has 186 valence electrons. The summed E-state index contributed by atoms with van der Waals surface area (Å²) in [5, 5.41) is 19.4. The van der Waals surface area contributed by atoms with E-state index in [0.717, 1.165) is 43.3 Å². The zero-order chi connectivity index (χ0) is 25.2. The minimum atomic E-state index is -3.60.